The molecule has 21 heavy (non-hydrogen) atoms. The third-order valence-electron chi connectivity index (χ3n) is 3.54. The van der Waals surface area contributed by atoms with Crippen LogP contribution in [0.2, 0.25) is 5.02 Å². The molecule has 0 aliphatic rings. The minimum atomic E-state index is 0.532. The maximum atomic E-state index is 6.09. The Morgan fingerprint density at radius 3 is 2.81 bits per heavy atom. The average molecular weight is 306 g/mol. The Bertz CT molecular complexity index is 550. The molecule has 3 nitrogen and oxygen atoms in total. The number of aromatic nitrogens is 2. The Labute approximate surface area is 132 Å². The van der Waals surface area contributed by atoms with Crippen LogP contribution in [0, 0.1) is 5.92 Å². The summed E-state index contributed by atoms with van der Waals surface area (Å²) in [4.78, 5) is 0. The van der Waals surface area contributed by atoms with Gasteiger partial charge >= 0.3 is 0 Å². The van der Waals surface area contributed by atoms with Crippen LogP contribution in [0.15, 0.2) is 36.5 Å². The number of benzene rings is 1. The first kappa shape index (κ1) is 16.1. The molecule has 0 amide bonds. The van der Waals surface area contributed by atoms with Crippen molar-refractivity contribution in [2.75, 3.05) is 13.1 Å². The molecule has 0 aliphatic heterocycles. The predicted molar refractivity (Wildman–Crippen MR) is 88.7 cm³/mol. The Morgan fingerprint density at radius 1 is 1.29 bits per heavy atom. The van der Waals surface area contributed by atoms with Gasteiger partial charge < -0.3 is 5.32 Å². The highest BCUT2D eigenvalue weighted by Gasteiger charge is 2.12. The fourth-order valence-corrected chi connectivity index (χ4v) is 2.78. The quantitative estimate of drug-likeness (QED) is 0.757. The molecule has 0 fully saturated rings. The summed E-state index contributed by atoms with van der Waals surface area (Å²) in [6.45, 7) is 4.27. The van der Waals surface area contributed by atoms with Crippen LogP contribution >= 0.6 is 11.6 Å². The first-order chi connectivity index (χ1) is 10.2. The molecular formula is C17H24ClN3. The number of hydrogen-bond donors (Lipinski definition) is 1. The molecule has 0 saturated carbocycles. The van der Waals surface area contributed by atoms with Crippen molar-refractivity contribution in [3.63, 3.8) is 0 Å². The van der Waals surface area contributed by atoms with Crippen LogP contribution in [-0.4, -0.2) is 22.9 Å². The summed E-state index contributed by atoms with van der Waals surface area (Å²) in [7, 11) is 1.96. The molecule has 1 aromatic heterocycles. The molecule has 4 heteroatoms. The maximum Gasteiger partial charge on any atom is 0.0627 e. The van der Waals surface area contributed by atoms with E-state index in [0.29, 0.717) is 5.92 Å². The lowest BCUT2D eigenvalue weighted by molar-refractivity contribution is 0.464. The summed E-state index contributed by atoms with van der Waals surface area (Å²) < 4.78 is 1.87. The Balaban J connectivity index is 2.00. The molecule has 114 valence electrons. The number of halogens is 1. The van der Waals surface area contributed by atoms with Crippen molar-refractivity contribution in [2.45, 2.75) is 26.2 Å². The average Bonchev–Trinajstić information content (AvgIpc) is 2.84. The summed E-state index contributed by atoms with van der Waals surface area (Å²) >= 11 is 6.09. The summed E-state index contributed by atoms with van der Waals surface area (Å²) in [6, 6.07) is 10.3. The highest BCUT2D eigenvalue weighted by Crippen LogP contribution is 2.17. The van der Waals surface area contributed by atoms with E-state index < -0.39 is 0 Å². The molecule has 0 radical (unpaired) electrons. The minimum Gasteiger partial charge on any atom is -0.316 e. The van der Waals surface area contributed by atoms with E-state index in [4.69, 9.17) is 11.6 Å². The van der Waals surface area contributed by atoms with Crippen molar-refractivity contribution in [1.29, 1.82) is 0 Å². The second-order valence-corrected chi connectivity index (χ2v) is 6.03. The summed E-state index contributed by atoms with van der Waals surface area (Å²) in [6.07, 6.45) is 5.18. The second kappa shape index (κ2) is 8.20. The van der Waals surface area contributed by atoms with E-state index in [-0.39, 0.29) is 0 Å². The van der Waals surface area contributed by atoms with E-state index in [2.05, 4.69) is 35.5 Å². The molecule has 2 rings (SSSR count). The van der Waals surface area contributed by atoms with Gasteiger partial charge in [0.2, 0.25) is 0 Å². The third-order valence-corrected chi connectivity index (χ3v) is 3.77. The van der Waals surface area contributed by atoms with Gasteiger partial charge in [-0.15, -0.1) is 0 Å². The molecule has 1 atom stereocenters. The Morgan fingerprint density at radius 2 is 2.14 bits per heavy atom. The summed E-state index contributed by atoms with van der Waals surface area (Å²) in [5, 5.41) is 8.84. The van der Waals surface area contributed by atoms with Crippen LogP contribution in [0.25, 0.3) is 0 Å². The van der Waals surface area contributed by atoms with Crippen molar-refractivity contribution < 1.29 is 0 Å². The van der Waals surface area contributed by atoms with E-state index >= 15 is 0 Å². The second-order valence-electron chi connectivity index (χ2n) is 5.59. The van der Waals surface area contributed by atoms with E-state index in [1.54, 1.807) is 0 Å². The van der Waals surface area contributed by atoms with Gasteiger partial charge in [-0.2, -0.15) is 5.10 Å². The molecule has 0 saturated heterocycles. The zero-order chi connectivity index (χ0) is 15.1. The van der Waals surface area contributed by atoms with Gasteiger partial charge in [0.15, 0.2) is 0 Å². The van der Waals surface area contributed by atoms with Crippen LogP contribution in [0.4, 0.5) is 0 Å². The molecule has 0 spiro atoms. The van der Waals surface area contributed by atoms with E-state index in [9.17, 15) is 0 Å². The minimum absolute atomic E-state index is 0.532. The van der Waals surface area contributed by atoms with Crippen molar-refractivity contribution in [3.05, 3.63) is 52.8 Å². The van der Waals surface area contributed by atoms with Gasteiger partial charge in [0.05, 0.1) is 5.69 Å². The maximum absolute atomic E-state index is 6.09. The monoisotopic (exact) mass is 305 g/mol. The van der Waals surface area contributed by atoms with Gasteiger partial charge in [-0.3, -0.25) is 4.68 Å². The van der Waals surface area contributed by atoms with Gasteiger partial charge in [-0.05, 0) is 62.0 Å². The third kappa shape index (κ3) is 5.52. The molecule has 1 aromatic carbocycles. The Hall–Kier alpha value is -1.32. The number of rotatable bonds is 8. The lowest BCUT2D eigenvalue weighted by atomic mass is 9.94. The highest BCUT2D eigenvalue weighted by atomic mass is 35.5. The number of nitrogens with one attached hydrogen (secondary N) is 1. The Kier molecular flexibility index (Phi) is 6.27. The molecule has 0 aliphatic carbocycles. The summed E-state index contributed by atoms with van der Waals surface area (Å²) in [5.74, 6) is 0.532. The van der Waals surface area contributed by atoms with E-state index in [1.165, 1.54) is 5.56 Å². The molecule has 1 unspecified atom stereocenters. The first-order valence-electron chi connectivity index (χ1n) is 7.61. The number of aryl methyl sites for hydroxylation is 1. The van der Waals surface area contributed by atoms with Gasteiger partial charge in [-0.25, -0.2) is 0 Å². The zero-order valence-electron chi connectivity index (χ0n) is 12.8. The van der Waals surface area contributed by atoms with Gasteiger partial charge in [0.25, 0.3) is 0 Å². The van der Waals surface area contributed by atoms with Gasteiger partial charge in [0, 0.05) is 18.3 Å². The normalized spacial score (nSPS) is 12.5. The number of nitrogens with zero attached hydrogens (tertiary/aromatic N) is 2. The van der Waals surface area contributed by atoms with Gasteiger partial charge in [0.1, 0.15) is 0 Å². The molecule has 1 heterocycles. The predicted octanol–water partition coefficient (Wildman–Crippen LogP) is 3.47. The topological polar surface area (TPSA) is 29.9 Å². The van der Waals surface area contributed by atoms with Crippen LogP contribution in [0.5, 0.6) is 0 Å². The lowest BCUT2D eigenvalue weighted by Crippen LogP contribution is -2.26. The van der Waals surface area contributed by atoms with Crippen molar-refractivity contribution in [1.82, 2.24) is 15.1 Å². The van der Waals surface area contributed by atoms with Crippen LogP contribution in [0.1, 0.15) is 24.6 Å². The largest absolute Gasteiger partial charge is 0.316 e. The smallest absolute Gasteiger partial charge is 0.0627 e. The molecule has 0 bridgehead atoms. The summed E-state index contributed by atoms with van der Waals surface area (Å²) in [5.41, 5.74) is 2.45. The molecule has 1 N–H and O–H groups in total. The zero-order valence-corrected chi connectivity index (χ0v) is 13.6. The van der Waals surface area contributed by atoms with Gasteiger partial charge in [-0.1, -0.05) is 30.7 Å². The molecule has 2 aromatic rings. The van der Waals surface area contributed by atoms with Crippen molar-refractivity contribution in [2.24, 2.45) is 13.0 Å². The van der Waals surface area contributed by atoms with Crippen molar-refractivity contribution in [3.8, 4) is 0 Å². The van der Waals surface area contributed by atoms with Crippen LogP contribution < -0.4 is 5.32 Å². The van der Waals surface area contributed by atoms with Crippen LogP contribution in [0.3, 0.4) is 0 Å². The fourth-order valence-electron chi connectivity index (χ4n) is 2.56. The standard InChI is InChI=1S/C17H24ClN3/c1-3-8-19-13-15(12-17-7-9-21(2)20-17)10-14-5-4-6-16(18)11-14/h4-7,9,11,15,19H,3,8,10,12-13H2,1-2H3. The SMILES string of the molecule is CCCNCC(Cc1cccc(Cl)c1)Cc1ccn(C)n1. The fraction of sp³-hybridized carbons (Fsp3) is 0.471. The van der Waals surface area contributed by atoms with Crippen molar-refractivity contribution >= 4 is 11.6 Å². The number of hydrogen-bond acceptors (Lipinski definition) is 2. The molecular weight excluding hydrogens is 282 g/mol. The van der Waals surface area contributed by atoms with E-state index in [0.717, 1.165) is 43.1 Å². The van der Waals surface area contributed by atoms with E-state index in [1.807, 2.05) is 30.1 Å². The van der Waals surface area contributed by atoms with Crippen LogP contribution in [-0.2, 0) is 19.9 Å². The highest BCUT2D eigenvalue weighted by molar-refractivity contribution is 6.30. The lowest BCUT2D eigenvalue weighted by Gasteiger charge is -2.17. The first-order valence-corrected chi connectivity index (χ1v) is 7.99.